The minimum atomic E-state index is -0.762. The number of aromatic nitrogens is 2. The Kier molecular flexibility index (Phi) is 8.07. The van der Waals surface area contributed by atoms with Crippen molar-refractivity contribution in [3.05, 3.63) is 83.4 Å². The molecule has 2 aromatic carbocycles. The summed E-state index contributed by atoms with van der Waals surface area (Å²) in [6, 6.07) is 14.2. The van der Waals surface area contributed by atoms with Crippen molar-refractivity contribution in [1.29, 1.82) is 0 Å². The molecule has 0 saturated heterocycles. The minimum Gasteiger partial charge on any atom is -0.497 e. The van der Waals surface area contributed by atoms with Crippen molar-refractivity contribution >= 4 is 23.5 Å². The zero-order chi connectivity index (χ0) is 23.6. The Morgan fingerprint density at radius 1 is 0.970 bits per heavy atom. The second kappa shape index (κ2) is 11.4. The molecule has 0 aliphatic heterocycles. The Bertz CT molecular complexity index is 1110. The third kappa shape index (κ3) is 6.86. The highest BCUT2D eigenvalue weighted by Gasteiger charge is 2.15. The molecule has 0 radical (unpaired) electrons. The first kappa shape index (κ1) is 23.4. The number of para-hydroxylation sites is 1. The number of hydrogen-bond donors (Lipinski definition) is 2. The van der Waals surface area contributed by atoms with Gasteiger partial charge in [0.05, 0.1) is 30.3 Å². The molecule has 2 amide bonds. The van der Waals surface area contributed by atoms with E-state index < -0.39 is 18.5 Å². The van der Waals surface area contributed by atoms with E-state index in [1.807, 2.05) is 24.3 Å². The van der Waals surface area contributed by atoms with Gasteiger partial charge in [0.1, 0.15) is 5.75 Å². The molecule has 0 aliphatic carbocycles. The lowest BCUT2D eigenvalue weighted by molar-refractivity contribution is -0.119. The summed E-state index contributed by atoms with van der Waals surface area (Å²) in [4.78, 5) is 44.8. The predicted octanol–water partition coefficient (Wildman–Crippen LogP) is 2.56. The lowest BCUT2D eigenvalue weighted by Gasteiger charge is -2.12. The Labute approximate surface area is 191 Å². The fourth-order valence-electron chi connectivity index (χ4n) is 2.89. The lowest BCUT2D eigenvalue weighted by Crippen LogP contribution is -2.28. The number of carbonyl (C=O) groups excluding carboxylic acids is 3. The van der Waals surface area contributed by atoms with Crippen molar-refractivity contribution in [2.24, 2.45) is 0 Å². The summed E-state index contributed by atoms with van der Waals surface area (Å²) in [5.74, 6) is -0.902. The third-order valence-corrected chi connectivity index (χ3v) is 4.63. The predicted molar refractivity (Wildman–Crippen MR) is 121 cm³/mol. The van der Waals surface area contributed by atoms with E-state index >= 15 is 0 Å². The van der Waals surface area contributed by atoms with Gasteiger partial charge in [-0.3, -0.25) is 14.6 Å². The summed E-state index contributed by atoms with van der Waals surface area (Å²) in [5, 5.41) is 5.45. The minimum absolute atomic E-state index is 0.00466. The maximum Gasteiger partial charge on any atom is 0.359 e. The van der Waals surface area contributed by atoms with E-state index in [1.54, 1.807) is 38.3 Å². The van der Waals surface area contributed by atoms with Crippen LogP contribution in [0.4, 0.5) is 5.69 Å². The maximum atomic E-state index is 12.6. The van der Waals surface area contributed by atoms with Gasteiger partial charge in [0, 0.05) is 12.7 Å². The van der Waals surface area contributed by atoms with E-state index in [2.05, 4.69) is 20.6 Å². The monoisotopic (exact) mass is 448 g/mol. The van der Waals surface area contributed by atoms with Gasteiger partial charge in [0.15, 0.2) is 12.3 Å². The van der Waals surface area contributed by atoms with Gasteiger partial charge < -0.3 is 20.1 Å². The molecule has 9 heteroatoms. The molecule has 0 bridgehead atoms. The standard InChI is InChI=1S/C24H24N4O5/c1-16-13-27-21(14-26-16)24(31)33-15-22(29)28-20-6-4-3-5-19(20)23(30)25-12-11-17-7-9-18(32-2)10-8-17/h3-10,13-14H,11-12,15H2,1-2H3,(H,25,30)(H,28,29). The quantitative estimate of drug-likeness (QED) is 0.483. The average molecular weight is 448 g/mol. The number of nitrogens with zero attached hydrogens (tertiary/aromatic N) is 2. The zero-order valence-electron chi connectivity index (χ0n) is 18.3. The van der Waals surface area contributed by atoms with Gasteiger partial charge in [-0.15, -0.1) is 0 Å². The molecule has 0 saturated carbocycles. The van der Waals surface area contributed by atoms with Crippen LogP contribution in [0.3, 0.4) is 0 Å². The Morgan fingerprint density at radius 2 is 1.73 bits per heavy atom. The van der Waals surface area contributed by atoms with Gasteiger partial charge in [-0.2, -0.15) is 0 Å². The molecule has 0 aliphatic rings. The van der Waals surface area contributed by atoms with Crippen LogP contribution in [-0.4, -0.2) is 48.0 Å². The Hall–Kier alpha value is -4.27. The molecular weight excluding hydrogens is 424 g/mol. The zero-order valence-corrected chi connectivity index (χ0v) is 18.3. The second-order valence-corrected chi connectivity index (χ2v) is 7.07. The molecule has 9 nitrogen and oxygen atoms in total. The fourth-order valence-corrected chi connectivity index (χ4v) is 2.89. The van der Waals surface area contributed by atoms with Gasteiger partial charge >= 0.3 is 5.97 Å². The highest BCUT2D eigenvalue weighted by Crippen LogP contribution is 2.15. The van der Waals surface area contributed by atoms with Crippen molar-refractivity contribution in [2.75, 3.05) is 25.6 Å². The molecular formula is C24H24N4O5. The van der Waals surface area contributed by atoms with Gasteiger partial charge in [0.2, 0.25) is 0 Å². The number of methoxy groups -OCH3 is 1. The number of carbonyl (C=O) groups is 3. The fraction of sp³-hybridized carbons (Fsp3) is 0.208. The molecule has 170 valence electrons. The Balaban J connectivity index is 1.51. The van der Waals surface area contributed by atoms with Crippen LogP contribution in [0.5, 0.6) is 5.75 Å². The normalized spacial score (nSPS) is 10.2. The number of hydrogen-bond acceptors (Lipinski definition) is 7. The van der Waals surface area contributed by atoms with Crippen LogP contribution >= 0.6 is 0 Å². The molecule has 3 aromatic rings. The van der Waals surface area contributed by atoms with Gasteiger partial charge in [0.25, 0.3) is 11.8 Å². The number of benzene rings is 2. The van der Waals surface area contributed by atoms with Crippen molar-refractivity contribution in [2.45, 2.75) is 13.3 Å². The first-order chi connectivity index (χ1) is 16.0. The van der Waals surface area contributed by atoms with Gasteiger partial charge in [-0.25, -0.2) is 9.78 Å². The molecule has 3 rings (SSSR count). The van der Waals surface area contributed by atoms with Gasteiger partial charge in [-0.05, 0) is 43.2 Å². The topological polar surface area (TPSA) is 120 Å². The van der Waals surface area contributed by atoms with Crippen LogP contribution in [0.1, 0.15) is 32.1 Å². The smallest absolute Gasteiger partial charge is 0.359 e. The van der Waals surface area contributed by atoms with E-state index in [0.29, 0.717) is 29.9 Å². The molecule has 0 unspecified atom stereocenters. The number of nitrogens with one attached hydrogen (secondary N) is 2. The number of aryl methyl sites for hydroxylation is 1. The summed E-state index contributed by atoms with van der Waals surface area (Å²) < 4.78 is 10.1. The number of anilines is 1. The Morgan fingerprint density at radius 3 is 2.42 bits per heavy atom. The summed E-state index contributed by atoms with van der Waals surface area (Å²) >= 11 is 0. The number of esters is 1. The molecule has 0 atom stereocenters. The summed E-state index contributed by atoms with van der Waals surface area (Å²) in [7, 11) is 1.61. The summed E-state index contributed by atoms with van der Waals surface area (Å²) in [6.07, 6.45) is 3.35. The van der Waals surface area contributed by atoms with Crippen LogP contribution in [0, 0.1) is 6.92 Å². The van der Waals surface area contributed by atoms with Crippen molar-refractivity contribution in [3.8, 4) is 5.75 Å². The van der Waals surface area contributed by atoms with Crippen LogP contribution in [0.2, 0.25) is 0 Å². The van der Waals surface area contributed by atoms with E-state index in [4.69, 9.17) is 9.47 Å². The van der Waals surface area contributed by atoms with Crippen molar-refractivity contribution in [1.82, 2.24) is 15.3 Å². The van der Waals surface area contributed by atoms with E-state index in [9.17, 15) is 14.4 Å². The molecule has 0 spiro atoms. The summed E-state index contributed by atoms with van der Waals surface area (Å²) in [6.45, 7) is 1.63. The van der Waals surface area contributed by atoms with E-state index in [1.165, 1.54) is 12.4 Å². The molecule has 33 heavy (non-hydrogen) atoms. The van der Waals surface area contributed by atoms with Crippen LogP contribution in [-0.2, 0) is 16.0 Å². The van der Waals surface area contributed by atoms with Gasteiger partial charge in [-0.1, -0.05) is 24.3 Å². The number of amides is 2. The largest absolute Gasteiger partial charge is 0.497 e. The molecule has 1 aromatic heterocycles. The van der Waals surface area contributed by atoms with Crippen molar-refractivity contribution < 1.29 is 23.9 Å². The number of ether oxygens (including phenoxy) is 2. The van der Waals surface area contributed by atoms with E-state index in [-0.39, 0.29) is 11.6 Å². The average Bonchev–Trinajstić information content (AvgIpc) is 2.83. The number of rotatable bonds is 9. The van der Waals surface area contributed by atoms with Crippen LogP contribution in [0.25, 0.3) is 0 Å². The molecule has 0 fully saturated rings. The highest BCUT2D eigenvalue weighted by atomic mass is 16.5. The first-order valence-corrected chi connectivity index (χ1v) is 10.2. The SMILES string of the molecule is COc1ccc(CCNC(=O)c2ccccc2NC(=O)COC(=O)c2cnc(C)cn2)cc1. The summed E-state index contributed by atoms with van der Waals surface area (Å²) in [5.41, 5.74) is 2.33. The maximum absolute atomic E-state index is 12.6. The third-order valence-electron chi connectivity index (χ3n) is 4.63. The van der Waals surface area contributed by atoms with Crippen LogP contribution in [0.15, 0.2) is 60.9 Å². The highest BCUT2D eigenvalue weighted by molar-refractivity contribution is 6.04. The van der Waals surface area contributed by atoms with Crippen molar-refractivity contribution in [3.63, 3.8) is 0 Å². The molecule has 1 heterocycles. The van der Waals surface area contributed by atoms with E-state index in [0.717, 1.165) is 11.3 Å². The first-order valence-electron chi connectivity index (χ1n) is 10.2. The second-order valence-electron chi connectivity index (χ2n) is 7.07. The molecule has 2 N–H and O–H groups in total. The lowest BCUT2D eigenvalue weighted by atomic mass is 10.1. The van der Waals surface area contributed by atoms with Crippen LogP contribution < -0.4 is 15.4 Å².